The van der Waals surface area contributed by atoms with Gasteiger partial charge in [-0.1, -0.05) is 23.7 Å². The molecule has 1 heterocycles. The van der Waals surface area contributed by atoms with Crippen LogP contribution in [0, 0.1) is 0 Å². The molecule has 0 amide bonds. The topological polar surface area (TPSA) is 49.8 Å². The highest BCUT2D eigenvalue weighted by molar-refractivity contribution is 6.31. The van der Waals surface area contributed by atoms with Gasteiger partial charge in [0, 0.05) is 23.7 Å². The second-order valence-corrected chi connectivity index (χ2v) is 5.82. The Balaban J connectivity index is 1.89. The van der Waals surface area contributed by atoms with Crippen LogP contribution in [-0.2, 0) is 4.74 Å². The van der Waals surface area contributed by atoms with Crippen molar-refractivity contribution in [2.24, 2.45) is 0 Å². The number of Topliss-reactive ketones (excluding diaryl/α,β-unsaturated/α-hetero) is 1. The Morgan fingerprint density at radius 1 is 1.48 bits per heavy atom. The van der Waals surface area contributed by atoms with Crippen molar-refractivity contribution >= 4 is 17.4 Å². The predicted molar refractivity (Wildman–Crippen MR) is 82.9 cm³/mol. The van der Waals surface area contributed by atoms with E-state index < -0.39 is 0 Å². The van der Waals surface area contributed by atoms with Crippen LogP contribution in [0.3, 0.4) is 0 Å². The minimum Gasteiger partial charge on any atom is -0.394 e. The Bertz CT molecular complexity index is 472. The van der Waals surface area contributed by atoms with E-state index in [-0.39, 0.29) is 24.5 Å². The molecule has 21 heavy (non-hydrogen) atoms. The van der Waals surface area contributed by atoms with Gasteiger partial charge in [0.05, 0.1) is 25.4 Å². The third kappa shape index (κ3) is 4.51. The molecule has 116 valence electrons. The van der Waals surface area contributed by atoms with Crippen LogP contribution in [0.4, 0.5) is 0 Å². The first kappa shape index (κ1) is 16.4. The minimum atomic E-state index is -0.151. The van der Waals surface area contributed by atoms with Crippen molar-refractivity contribution < 1.29 is 14.6 Å². The standard InChI is InChI=1S/C16H22ClNO3/c1-12(16(20)13-3-2-4-14(17)11-13)18-7-5-15(6-8-18)21-10-9-19/h2-4,11-12,15,19H,5-10H2,1H3. The Labute approximate surface area is 130 Å². The maximum Gasteiger partial charge on any atom is 0.179 e. The molecule has 2 rings (SSSR count). The summed E-state index contributed by atoms with van der Waals surface area (Å²) >= 11 is 5.94. The number of hydrogen-bond donors (Lipinski definition) is 1. The number of carbonyl (C=O) groups is 1. The van der Waals surface area contributed by atoms with Crippen LogP contribution in [0.5, 0.6) is 0 Å². The summed E-state index contributed by atoms with van der Waals surface area (Å²) in [6.45, 7) is 4.07. The molecule has 4 nitrogen and oxygen atoms in total. The number of piperidine rings is 1. The molecule has 1 unspecified atom stereocenters. The van der Waals surface area contributed by atoms with Crippen molar-refractivity contribution in [2.75, 3.05) is 26.3 Å². The van der Waals surface area contributed by atoms with Gasteiger partial charge < -0.3 is 9.84 Å². The van der Waals surface area contributed by atoms with Crippen molar-refractivity contribution in [3.63, 3.8) is 0 Å². The predicted octanol–water partition coefficient (Wildman–Crippen LogP) is 2.38. The van der Waals surface area contributed by atoms with E-state index in [0.29, 0.717) is 17.2 Å². The van der Waals surface area contributed by atoms with E-state index in [1.807, 2.05) is 13.0 Å². The molecular weight excluding hydrogens is 290 g/mol. The van der Waals surface area contributed by atoms with Crippen molar-refractivity contribution in [3.8, 4) is 0 Å². The number of hydrogen-bond acceptors (Lipinski definition) is 4. The van der Waals surface area contributed by atoms with Gasteiger partial charge in [0.25, 0.3) is 0 Å². The molecule has 0 saturated carbocycles. The molecule has 0 spiro atoms. The largest absolute Gasteiger partial charge is 0.394 e. The van der Waals surface area contributed by atoms with Crippen molar-refractivity contribution in [1.29, 1.82) is 0 Å². The quantitative estimate of drug-likeness (QED) is 0.820. The van der Waals surface area contributed by atoms with Crippen LogP contribution < -0.4 is 0 Å². The lowest BCUT2D eigenvalue weighted by Gasteiger charge is -2.35. The molecule has 1 N–H and O–H groups in total. The summed E-state index contributed by atoms with van der Waals surface area (Å²) in [5, 5.41) is 9.35. The molecule has 1 fully saturated rings. The highest BCUT2D eigenvalue weighted by Crippen LogP contribution is 2.19. The van der Waals surface area contributed by atoms with E-state index in [9.17, 15) is 4.79 Å². The second kappa shape index (κ2) is 7.90. The molecule has 0 bridgehead atoms. The smallest absolute Gasteiger partial charge is 0.179 e. The van der Waals surface area contributed by atoms with Gasteiger partial charge in [-0.3, -0.25) is 9.69 Å². The number of rotatable bonds is 6. The number of benzene rings is 1. The normalized spacial score (nSPS) is 18.6. The highest BCUT2D eigenvalue weighted by atomic mass is 35.5. The SMILES string of the molecule is CC(C(=O)c1cccc(Cl)c1)N1CCC(OCCO)CC1. The van der Waals surface area contributed by atoms with Gasteiger partial charge in [-0.2, -0.15) is 0 Å². The zero-order valence-corrected chi connectivity index (χ0v) is 13.1. The summed E-state index contributed by atoms with van der Waals surface area (Å²) in [5.74, 6) is 0.104. The summed E-state index contributed by atoms with van der Waals surface area (Å²) in [4.78, 5) is 14.7. The maximum atomic E-state index is 12.5. The number of ketones is 1. The molecular formula is C16H22ClNO3. The van der Waals surface area contributed by atoms with Crippen LogP contribution in [0.25, 0.3) is 0 Å². The molecule has 1 aliphatic rings. The summed E-state index contributed by atoms with van der Waals surface area (Å²) in [6, 6.07) is 6.95. The third-order valence-corrected chi connectivity index (χ3v) is 4.19. The first-order valence-corrected chi connectivity index (χ1v) is 7.76. The molecule has 1 aromatic carbocycles. The van der Waals surface area contributed by atoms with Crippen LogP contribution in [0.1, 0.15) is 30.1 Å². The number of aliphatic hydroxyl groups is 1. The van der Waals surface area contributed by atoms with Crippen molar-refractivity contribution in [2.45, 2.75) is 31.9 Å². The number of nitrogens with zero attached hydrogens (tertiary/aromatic N) is 1. The summed E-state index contributed by atoms with van der Waals surface area (Å²) in [7, 11) is 0. The lowest BCUT2D eigenvalue weighted by molar-refractivity contribution is -0.0125. The van der Waals surface area contributed by atoms with E-state index in [1.54, 1.807) is 18.2 Å². The van der Waals surface area contributed by atoms with Gasteiger partial charge in [-0.15, -0.1) is 0 Å². The number of halogens is 1. The molecule has 0 aromatic heterocycles. The van der Waals surface area contributed by atoms with Gasteiger partial charge in [0.2, 0.25) is 0 Å². The lowest BCUT2D eigenvalue weighted by Crippen LogP contribution is -2.45. The lowest BCUT2D eigenvalue weighted by atomic mass is 10.0. The minimum absolute atomic E-state index is 0.0594. The number of ether oxygens (including phenoxy) is 1. The fourth-order valence-electron chi connectivity index (χ4n) is 2.70. The van der Waals surface area contributed by atoms with Crippen molar-refractivity contribution in [1.82, 2.24) is 4.90 Å². The average Bonchev–Trinajstić information content (AvgIpc) is 2.52. The first-order valence-electron chi connectivity index (χ1n) is 7.38. The summed E-state index contributed by atoms with van der Waals surface area (Å²) < 4.78 is 5.54. The van der Waals surface area contributed by atoms with E-state index in [1.165, 1.54) is 0 Å². The molecule has 1 aliphatic heterocycles. The second-order valence-electron chi connectivity index (χ2n) is 5.38. The molecule has 5 heteroatoms. The third-order valence-electron chi connectivity index (χ3n) is 3.96. The molecule has 0 radical (unpaired) electrons. The Kier molecular flexibility index (Phi) is 6.18. The van der Waals surface area contributed by atoms with E-state index in [2.05, 4.69) is 4.90 Å². The molecule has 0 aliphatic carbocycles. The molecule has 1 saturated heterocycles. The van der Waals surface area contributed by atoms with Gasteiger partial charge >= 0.3 is 0 Å². The van der Waals surface area contributed by atoms with Gasteiger partial charge in [0.1, 0.15) is 0 Å². The van der Waals surface area contributed by atoms with Crippen LogP contribution >= 0.6 is 11.6 Å². The van der Waals surface area contributed by atoms with Crippen LogP contribution in [0.2, 0.25) is 5.02 Å². The summed E-state index contributed by atoms with van der Waals surface area (Å²) in [5.41, 5.74) is 0.661. The average molecular weight is 312 g/mol. The maximum absolute atomic E-state index is 12.5. The zero-order valence-electron chi connectivity index (χ0n) is 12.3. The fourth-order valence-corrected chi connectivity index (χ4v) is 2.89. The zero-order chi connectivity index (χ0) is 15.2. The van der Waals surface area contributed by atoms with Gasteiger partial charge in [-0.05, 0) is 31.9 Å². The summed E-state index contributed by atoms with van der Waals surface area (Å²) in [6.07, 6.45) is 1.99. The van der Waals surface area contributed by atoms with Crippen LogP contribution in [-0.4, -0.2) is 54.2 Å². The molecule has 1 atom stereocenters. The first-order chi connectivity index (χ1) is 10.1. The Morgan fingerprint density at radius 2 is 2.19 bits per heavy atom. The Hall–Kier alpha value is -0.940. The fraction of sp³-hybridized carbons (Fsp3) is 0.562. The molecule has 1 aromatic rings. The van der Waals surface area contributed by atoms with Crippen LogP contribution in [0.15, 0.2) is 24.3 Å². The number of aliphatic hydroxyl groups excluding tert-OH is 1. The van der Waals surface area contributed by atoms with E-state index in [4.69, 9.17) is 21.4 Å². The monoisotopic (exact) mass is 311 g/mol. The highest BCUT2D eigenvalue weighted by Gasteiger charge is 2.27. The van der Waals surface area contributed by atoms with Gasteiger partial charge in [-0.25, -0.2) is 0 Å². The number of carbonyl (C=O) groups excluding carboxylic acids is 1. The van der Waals surface area contributed by atoms with E-state index >= 15 is 0 Å². The van der Waals surface area contributed by atoms with E-state index in [0.717, 1.165) is 25.9 Å². The number of likely N-dealkylation sites (tertiary alicyclic amines) is 1. The van der Waals surface area contributed by atoms with Crippen molar-refractivity contribution in [3.05, 3.63) is 34.9 Å². The van der Waals surface area contributed by atoms with Gasteiger partial charge in [0.15, 0.2) is 5.78 Å². The Morgan fingerprint density at radius 3 is 2.81 bits per heavy atom.